The zero-order valence-electron chi connectivity index (χ0n) is 10.1. The van der Waals surface area contributed by atoms with Crippen LogP contribution in [0.15, 0.2) is 0 Å². The van der Waals surface area contributed by atoms with Crippen molar-refractivity contribution in [3.63, 3.8) is 0 Å². The number of halogens is 1. The SMILES string of the molecule is CCO[Si]1(CCCBr)OCCC(C)CNO1. The lowest BCUT2D eigenvalue weighted by Gasteiger charge is -2.32. The Morgan fingerprint density at radius 3 is 3.06 bits per heavy atom. The van der Waals surface area contributed by atoms with Crippen LogP contribution in [0.3, 0.4) is 0 Å². The van der Waals surface area contributed by atoms with Crippen LogP contribution in [0.4, 0.5) is 0 Å². The van der Waals surface area contributed by atoms with Gasteiger partial charge in [-0.05, 0) is 25.7 Å². The van der Waals surface area contributed by atoms with E-state index in [0.717, 1.165) is 37.4 Å². The molecule has 0 aromatic carbocycles. The zero-order valence-corrected chi connectivity index (χ0v) is 12.7. The van der Waals surface area contributed by atoms with Crippen LogP contribution in [-0.4, -0.2) is 33.9 Å². The molecule has 96 valence electrons. The van der Waals surface area contributed by atoms with Crippen LogP contribution in [0.25, 0.3) is 0 Å². The first-order chi connectivity index (χ1) is 7.72. The van der Waals surface area contributed by atoms with Crippen LogP contribution in [-0.2, 0) is 13.4 Å². The summed E-state index contributed by atoms with van der Waals surface area (Å²) in [6.07, 6.45) is 2.08. The monoisotopic (exact) mass is 311 g/mol. The van der Waals surface area contributed by atoms with Crippen LogP contribution in [0.2, 0.25) is 6.04 Å². The van der Waals surface area contributed by atoms with Crippen LogP contribution in [0.1, 0.15) is 26.7 Å². The van der Waals surface area contributed by atoms with Gasteiger partial charge in [0.05, 0.1) is 0 Å². The Morgan fingerprint density at radius 1 is 1.56 bits per heavy atom. The van der Waals surface area contributed by atoms with Crippen LogP contribution >= 0.6 is 15.9 Å². The van der Waals surface area contributed by atoms with Gasteiger partial charge in [-0.3, -0.25) is 4.53 Å². The largest absolute Gasteiger partial charge is 0.517 e. The molecule has 1 aliphatic heterocycles. The van der Waals surface area contributed by atoms with Crippen LogP contribution in [0, 0.1) is 5.92 Å². The molecule has 2 atom stereocenters. The van der Waals surface area contributed by atoms with Crippen molar-refractivity contribution in [2.24, 2.45) is 5.92 Å². The Balaban J connectivity index is 2.52. The highest BCUT2D eigenvalue weighted by Crippen LogP contribution is 2.20. The van der Waals surface area contributed by atoms with Crippen LogP contribution in [0.5, 0.6) is 0 Å². The van der Waals surface area contributed by atoms with E-state index in [2.05, 4.69) is 28.3 Å². The van der Waals surface area contributed by atoms with Crippen LogP contribution < -0.4 is 5.48 Å². The average Bonchev–Trinajstić information content (AvgIpc) is 2.24. The van der Waals surface area contributed by atoms with Crippen molar-refractivity contribution in [1.29, 1.82) is 0 Å². The number of hydrogen-bond donors (Lipinski definition) is 1. The maximum Gasteiger partial charge on any atom is 0.517 e. The molecule has 1 N–H and O–H groups in total. The molecule has 4 nitrogen and oxygen atoms in total. The molecule has 0 saturated carbocycles. The quantitative estimate of drug-likeness (QED) is 0.625. The Labute approximate surface area is 107 Å². The van der Waals surface area contributed by atoms with E-state index in [4.69, 9.17) is 13.4 Å². The highest BCUT2D eigenvalue weighted by molar-refractivity contribution is 9.09. The first-order valence-electron chi connectivity index (χ1n) is 5.97. The van der Waals surface area contributed by atoms with Crippen molar-refractivity contribution in [3.8, 4) is 0 Å². The fourth-order valence-electron chi connectivity index (χ4n) is 1.61. The van der Waals surface area contributed by atoms with Gasteiger partial charge in [-0.25, -0.2) is 5.48 Å². The Kier molecular flexibility index (Phi) is 7.10. The molecule has 0 amide bonds. The Morgan fingerprint density at radius 2 is 2.38 bits per heavy atom. The molecule has 1 fully saturated rings. The second-order valence-corrected chi connectivity index (χ2v) is 7.54. The normalized spacial score (nSPS) is 32.1. The third-order valence-corrected chi connectivity index (χ3v) is 5.93. The van der Waals surface area contributed by atoms with Gasteiger partial charge >= 0.3 is 8.80 Å². The number of hydrogen-bond acceptors (Lipinski definition) is 4. The van der Waals surface area contributed by atoms with Gasteiger partial charge in [0.25, 0.3) is 0 Å². The predicted molar refractivity (Wildman–Crippen MR) is 69.4 cm³/mol. The van der Waals surface area contributed by atoms with E-state index in [1.54, 1.807) is 0 Å². The number of alkyl halides is 1. The average molecular weight is 312 g/mol. The van der Waals surface area contributed by atoms with Gasteiger partial charge in [0.1, 0.15) is 0 Å². The number of nitrogens with one attached hydrogen (secondary N) is 1. The smallest absolute Gasteiger partial charge is 0.373 e. The van der Waals surface area contributed by atoms with Crippen molar-refractivity contribution < 1.29 is 13.4 Å². The van der Waals surface area contributed by atoms with Gasteiger partial charge in [0, 0.05) is 31.1 Å². The molecule has 2 unspecified atom stereocenters. The molecular weight excluding hydrogens is 290 g/mol. The maximum atomic E-state index is 5.89. The van der Waals surface area contributed by atoms with E-state index in [1.807, 2.05) is 6.92 Å². The standard InChI is InChI=1S/C10H22BrNO3Si/c1-3-13-16(8-4-6-11)14-7-5-10(2)9-12-15-16/h10,12H,3-9H2,1-2H3. The number of hydroxylamine groups is 1. The van der Waals surface area contributed by atoms with Crippen molar-refractivity contribution >= 4 is 24.7 Å². The third-order valence-electron chi connectivity index (χ3n) is 2.57. The minimum atomic E-state index is -2.46. The fraction of sp³-hybridized carbons (Fsp3) is 1.00. The van der Waals surface area contributed by atoms with Gasteiger partial charge in [0.2, 0.25) is 0 Å². The van der Waals surface area contributed by atoms with Crippen molar-refractivity contribution in [2.45, 2.75) is 32.7 Å². The minimum absolute atomic E-state index is 0.588. The lowest BCUT2D eigenvalue weighted by molar-refractivity contribution is 0.00128. The molecule has 6 heteroatoms. The summed E-state index contributed by atoms with van der Waals surface area (Å²) in [5, 5.41) is 0.956. The Hall–Kier alpha value is 0.537. The third kappa shape index (κ3) is 4.81. The Bertz CT molecular complexity index is 187. The van der Waals surface area contributed by atoms with Gasteiger partial charge in [-0.1, -0.05) is 22.9 Å². The molecule has 0 radical (unpaired) electrons. The summed E-state index contributed by atoms with van der Waals surface area (Å²) in [6.45, 7) is 6.44. The minimum Gasteiger partial charge on any atom is -0.373 e. The zero-order chi connectivity index (χ0) is 11.9. The molecule has 1 aliphatic rings. The maximum absolute atomic E-state index is 5.89. The second-order valence-electron chi connectivity index (χ2n) is 4.10. The van der Waals surface area contributed by atoms with E-state index >= 15 is 0 Å². The molecule has 0 aromatic heterocycles. The molecule has 0 aromatic rings. The van der Waals surface area contributed by atoms with E-state index < -0.39 is 8.80 Å². The van der Waals surface area contributed by atoms with Gasteiger partial charge in [-0.2, -0.15) is 0 Å². The van der Waals surface area contributed by atoms with E-state index in [9.17, 15) is 0 Å². The van der Waals surface area contributed by atoms with Crippen molar-refractivity contribution in [2.75, 3.05) is 25.1 Å². The summed E-state index contributed by atoms with van der Waals surface area (Å²) in [6, 6.07) is 0.869. The van der Waals surface area contributed by atoms with Crippen molar-refractivity contribution in [3.05, 3.63) is 0 Å². The number of rotatable bonds is 5. The summed E-state index contributed by atoms with van der Waals surface area (Å²) in [4.78, 5) is 0. The molecule has 0 aliphatic carbocycles. The lowest BCUT2D eigenvalue weighted by Crippen LogP contribution is -2.51. The molecule has 0 bridgehead atoms. The van der Waals surface area contributed by atoms with Gasteiger partial charge in [-0.15, -0.1) is 0 Å². The summed E-state index contributed by atoms with van der Waals surface area (Å²) in [5.74, 6) is 0.588. The fourth-order valence-corrected chi connectivity index (χ4v) is 4.78. The molecule has 1 rings (SSSR count). The highest BCUT2D eigenvalue weighted by Gasteiger charge is 2.42. The van der Waals surface area contributed by atoms with Gasteiger partial charge < -0.3 is 8.85 Å². The highest BCUT2D eigenvalue weighted by atomic mass is 79.9. The summed E-state index contributed by atoms with van der Waals surface area (Å²) in [5.41, 5.74) is 3.02. The summed E-state index contributed by atoms with van der Waals surface area (Å²) < 4.78 is 17.4. The topological polar surface area (TPSA) is 39.7 Å². The molecule has 16 heavy (non-hydrogen) atoms. The van der Waals surface area contributed by atoms with Crippen molar-refractivity contribution in [1.82, 2.24) is 5.48 Å². The molecule has 0 spiro atoms. The molecular formula is C10H22BrNO3Si. The summed E-state index contributed by atoms with van der Waals surface area (Å²) in [7, 11) is -2.46. The molecule has 1 heterocycles. The van der Waals surface area contributed by atoms with Gasteiger partial charge in [0.15, 0.2) is 0 Å². The lowest BCUT2D eigenvalue weighted by atomic mass is 10.1. The van der Waals surface area contributed by atoms with E-state index in [0.29, 0.717) is 12.5 Å². The van der Waals surface area contributed by atoms with E-state index in [1.165, 1.54) is 0 Å². The first-order valence-corrected chi connectivity index (χ1v) is 9.02. The first kappa shape index (κ1) is 14.6. The summed E-state index contributed by atoms with van der Waals surface area (Å²) >= 11 is 3.43. The van der Waals surface area contributed by atoms with E-state index in [-0.39, 0.29) is 0 Å². The second kappa shape index (κ2) is 7.78. The predicted octanol–water partition coefficient (Wildman–Crippen LogP) is 2.32. The molecule has 1 saturated heterocycles.